The van der Waals surface area contributed by atoms with E-state index in [1.165, 1.54) is 23.3 Å². The summed E-state index contributed by atoms with van der Waals surface area (Å²) >= 11 is 0. The number of benzene rings is 2. The van der Waals surface area contributed by atoms with E-state index < -0.39 is 0 Å². The van der Waals surface area contributed by atoms with Crippen molar-refractivity contribution in [1.82, 2.24) is 0 Å². The minimum absolute atomic E-state index is 0.352. The summed E-state index contributed by atoms with van der Waals surface area (Å²) in [6.45, 7) is 4.64. The van der Waals surface area contributed by atoms with E-state index in [2.05, 4.69) is 62.4 Å². The molecule has 2 heterocycles. The minimum atomic E-state index is 0.352. The van der Waals surface area contributed by atoms with E-state index in [1.54, 1.807) is 21.6 Å². The Hall–Kier alpha value is -1.47. The smallest absolute Gasteiger partial charge is 0.0644 e. The Balaban J connectivity index is 1.98. The fourth-order valence-corrected chi connectivity index (χ4v) is 6.50. The lowest BCUT2D eigenvalue weighted by Gasteiger charge is -2.31. The Morgan fingerprint density at radius 2 is 1.55 bits per heavy atom. The van der Waals surface area contributed by atoms with Crippen LogP contribution < -0.4 is 0 Å². The average molecular weight is 279 g/mol. The summed E-state index contributed by atoms with van der Waals surface area (Å²) in [7, 11) is 0.352. The maximum absolute atomic E-state index is 2.36. The highest BCUT2D eigenvalue weighted by Crippen LogP contribution is 2.50. The normalized spacial score (nSPS) is 23.9. The van der Waals surface area contributed by atoms with Crippen molar-refractivity contribution in [2.24, 2.45) is 0 Å². The largest absolute Gasteiger partial charge is 0.163 e. The maximum Gasteiger partial charge on any atom is 0.163 e. The van der Waals surface area contributed by atoms with E-state index in [4.69, 9.17) is 0 Å². The molecule has 0 amide bonds. The van der Waals surface area contributed by atoms with Crippen LogP contribution in [0.5, 0.6) is 0 Å². The molecule has 0 saturated heterocycles. The van der Waals surface area contributed by atoms with Gasteiger partial charge in [-0.25, -0.2) is 0 Å². The molecule has 0 spiro atoms. The molecule has 2 unspecified atom stereocenters. The molecule has 2 aromatic carbocycles. The van der Waals surface area contributed by atoms with E-state index in [-0.39, 0.29) is 0 Å². The zero-order valence-electron chi connectivity index (χ0n) is 12.0. The highest BCUT2D eigenvalue weighted by atomic mass is 32.2. The van der Waals surface area contributed by atoms with Gasteiger partial charge in [0.25, 0.3) is 0 Å². The van der Waals surface area contributed by atoms with Crippen LogP contribution in [0, 0.1) is 0 Å². The fourth-order valence-electron chi connectivity index (χ4n) is 3.45. The number of fused-ring (bicyclic) bond motifs is 6. The first-order chi connectivity index (χ1) is 9.75. The first-order valence-electron chi connectivity index (χ1n) is 7.29. The summed E-state index contributed by atoms with van der Waals surface area (Å²) < 4.78 is 0. The molecule has 0 nitrogen and oxygen atoms in total. The number of allylic oxidation sites excluding steroid dienone is 1. The van der Waals surface area contributed by atoms with Gasteiger partial charge >= 0.3 is 0 Å². The number of rotatable bonds is 0. The van der Waals surface area contributed by atoms with Crippen molar-refractivity contribution in [3.05, 3.63) is 65.2 Å². The first-order valence-corrected chi connectivity index (χ1v) is 8.74. The monoisotopic (exact) mass is 279 g/mol. The summed E-state index contributed by atoms with van der Waals surface area (Å²) in [4.78, 5) is 1.59. The van der Waals surface area contributed by atoms with Gasteiger partial charge in [0.2, 0.25) is 0 Å². The van der Waals surface area contributed by atoms with Crippen molar-refractivity contribution in [3.8, 4) is 11.1 Å². The van der Waals surface area contributed by atoms with Gasteiger partial charge in [0.1, 0.15) is 5.75 Å². The van der Waals surface area contributed by atoms with Crippen molar-refractivity contribution >= 4 is 10.9 Å². The highest BCUT2D eigenvalue weighted by Gasteiger charge is 2.44. The van der Waals surface area contributed by atoms with Crippen LogP contribution in [0.25, 0.3) is 11.1 Å². The van der Waals surface area contributed by atoms with Gasteiger partial charge in [-0.1, -0.05) is 42.0 Å². The Morgan fingerprint density at radius 3 is 2.40 bits per heavy atom. The van der Waals surface area contributed by atoms with Crippen LogP contribution in [0.15, 0.2) is 64.6 Å². The molecule has 0 radical (unpaired) electrons. The SMILES string of the molecule is CC1=C(C)C[S+]2c3ccccc3-c3ccccc3C2C1. The van der Waals surface area contributed by atoms with E-state index in [1.807, 2.05) is 0 Å². The topological polar surface area (TPSA) is 0 Å². The van der Waals surface area contributed by atoms with Gasteiger partial charge in [-0.2, -0.15) is 0 Å². The Bertz CT molecular complexity index is 650. The second kappa shape index (κ2) is 4.53. The van der Waals surface area contributed by atoms with Gasteiger partial charge in [-0.3, -0.25) is 0 Å². The number of hydrogen-bond donors (Lipinski definition) is 0. The molecule has 100 valence electrons. The molecule has 4 rings (SSSR count). The van der Waals surface area contributed by atoms with Crippen molar-refractivity contribution in [1.29, 1.82) is 0 Å². The fraction of sp³-hybridized carbons (Fsp3) is 0.263. The third-order valence-corrected chi connectivity index (χ3v) is 7.48. The van der Waals surface area contributed by atoms with Gasteiger partial charge in [0.05, 0.1) is 0 Å². The molecule has 0 saturated carbocycles. The Labute approximate surface area is 123 Å². The molecule has 2 aliphatic heterocycles. The van der Waals surface area contributed by atoms with Gasteiger partial charge in [-0.15, -0.1) is 0 Å². The van der Waals surface area contributed by atoms with E-state index in [0.29, 0.717) is 16.1 Å². The second-order valence-corrected chi connectivity index (χ2v) is 8.07. The standard InChI is InChI=1S/C19H19S/c1-13-11-19-17-9-4-3-7-15(17)16-8-5-6-10-18(16)20(19)12-14(13)2/h3-10,19H,11-12H2,1-2H3/q+1. The lowest BCUT2D eigenvalue weighted by atomic mass is 9.93. The summed E-state index contributed by atoms with van der Waals surface area (Å²) in [5.41, 5.74) is 7.72. The summed E-state index contributed by atoms with van der Waals surface area (Å²) in [5.74, 6) is 1.25. The third kappa shape index (κ3) is 1.69. The molecule has 0 N–H and O–H groups in total. The molecule has 2 aliphatic rings. The summed E-state index contributed by atoms with van der Waals surface area (Å²) in [5, 5.41) is 0.699. The van der Waals surface area contributed by atoms with Crippen LogP contribution in [0.1, 0.15) is 31.1 Å². The van der Waals surface area contributed by atoms with Gasteiger partial charge in [0.15, 0.2) is 10.1 Å². The van der Waals surface area contributed by atoms with Crippen molar-refractivity contribution in [2.45, 2.75) is 30.4 Å². The summed E-state index contributed by atoms with van der Waals surface area (Å²) in [6, 6.07) is 18.1. The Kier molecular flexibility index (Phi) is 2.78. The second-order valence-electron chi connectivity index (χ2n) is 5.91. The van der Waals surface area contributed by atoms with Crippen molar-refractivity contribution in [2.75, 3.05) is 5.75 Å². The molecule has 2 atom stereocenters. The third-order valence-electron chi connectivity index (χ3n) is 4.70. The highest BCUT2D eigenvalue weighted by molar-refractivity contribution is 7.97. The van der Waals surface area contributed by atoms with Crippen molar-refractivity contribution < 1.29 is 0 Å². The molecular formula is C19H19S+. The van der Waals surface area contributed by atoms with Gasteiger partial charge in [0, 0.05) is 28.4 Å². The number of hydrogen-bond acceptors (Lipinski definition) is 0. The first kappa shape index (κ1) is 12.3. The molecule has 0 fully saturated rings. The molecule has 1 heteroatoms. The minimum Gasteiger partial charge on any atom is -0.0644 e. The van der Waals surface area contributed by atoms with Crippen LogP contribution in [0.3, 0.4) is 0 Å². The molecule has 0 aliphatic carbocycles. The summed E-state index contributed by atoms with van der Waals surface area (Å²) in [6.07, 6.45) is 1.24. The quantitative estimate of drug-likeness (QED) is 0.463. The average Bonchev–Trinajstić information content (AvgIpc) is 2.49. The lowest BCUT2D eigenvalue weighted by Crippen LogP contribution is -2.27. The Morgan fingerprint density at radius 1 is 0.850 bits per heavy atom. The molecule has 2 aromatic rings. The molecule has 0 bridgehead atoms. The van der Waals surface area contributed by atoms with Crippen LogP contribution >= 0.6 is 0 Å². The van der Waals surface area contributed by atoms with Crippen LogP contribution in [-0.4, -0.2) is 5.75 Å². The van der Waals surface area contributed by atoms with E-state index >= 15 is 0 Å². The van der Waals surface area contributed by atoms with Crippen LogP contribution in [0.4, 0.5) is 0 Å². The molecule has 20 heavy (non-hydrogen) atoms. The lowest BCUT2D eigenvalue weighted by molar-refractivity contribution is 0.863. The van der Waals surface area contributed by atoms with Crippen LogP contribution in [0.2, 0.25) is 0 Å². The van der Waals surface area contributed by atoms with E-state index in [0.717, 1.165) is 0 Å². The molecule has 0 aromatic heterocycles. The maximum atomic E-state index is 2.36. The zero-order chi connectivity index (χ0) is 13.7. The van der Waals surface area contributed by atoms with Crippen molar-refractivity contribution in [3.63, 3.8) is 0 Å². The zero-order valence-corrected chi connectivity index (χ0v) is 12.8. The molecular weight excluding hydrogens is 260 g/mol. The van der Waals surface area contributed by atoms with Gasteiger partial charge < -0.3 is 0 Å². The van der Waals surface area contributed by atoms with Gasteiger partial charge in [-0.05, 0) is 37.1 Å². The van der Waals surface area contributed by atoms with E-state index in [9.17, 15) is 0 Å². The van der Waals surface area contributed by atoms with Crippen LogP contribution in [-0.2, 0) is 10.9 Å². The predicted octanol–water partition coefficient (Wildman–Crippen LogP) is 5.13. The predicted molar refractivity (Wildman–Crippen MR) is 88.1 cm³/mol.